The molecule has 0 bridgehead atoms. The van der Waals surface area contributed by atoms with Gasteiger partial charge in [-0.1, -0.05) is 12.2 Å². The maximum Gasteiger partial charge on any atom is 0.279 e. The van der Waals surface area contributed by atoms with Crippen molar-refractivity contribution in [3.05, 3.63) is 57.8 Å². The molecule has 0 radical (unpaired) electrons. The van der Waals surface area contributed by atoms with Crippen LogP contribution in [0.1, 0.15) is 42.7 Å². The van der Waals surface area contributed by atoms with Gasteiger partial charge in [-0.3, -0.25) is 9.36 Å². The zero-order valence-corrected chi connectivity index (χ0v) is 12.6. The highest BCUT2D eigenvalue weighted by Gasteiger charge is 2.18. The number of hydrogen-bond donors (Lipinski definition) is 1. The normalized spacial score (nSPS) is 16.3. The smallest absolute Gasteiger partial charge is 0.279 e. The van der Waals surface area contributed by atoms with E-state index in [-0.39, 0.29) is 5.56 Å². The Morgan fingerprint density at radius 3 is 2.62 bits per heavy atom. The lowest BCUT2D eigenvalue weighted by Gasteiger charge is -2.18. The number of aromatic nitrogens is 2. The van der Waals surface area contributed by atoms with Crippen LogP contribution in [0.3, 0.4) is 0 Å². The highest BCUT2D eigenvalue weighted by atomic mass is 16.3. The summed E-state index contributed by atoms with van der Waals surface area (Å²) < 4.78 is 3.47. The molecule has 1 aliphatic rings. The molecular formula is C17H20N2O2. The first-order valence-corrected chi connectivity index (χ1v) is 7.29. The van der Waals surface area contributed by atoms with Gasteiger partial charge in [0.05, 0.1) is 11.8 Å². The van der Waals surface area contributed by atoms with Gasteiger partial charge in [0.1, 0.15) is 5.52 Å². The number of fused-ring (bicyclic) bond motifs is 1. The molecule has 4 heteroatoms. The molecule has 0 saturated heterocycles. The van der Waals surface area contributed by atoms with E-state index in [0.29, 0.717) is 11.2 Å². The lowest BCUT2D eigenvalue weighted by atomic mass is 10.1. The number of aryl methyl sites for hydroxylation is 2. The summed E-state index contributed by atoms with van der Waals surface area (Å²) in [6, 6.07) is 0. The van der Waals surface area contributed by atoms with Gasteiger partial charge in [-0.05, 0) is 50.8 Å². The van der Waals surface area contributed by atoms with E-state index < -0.39 is 6.10 Å². The topological polar surface area (TPSA) is 46.6 Å². The zero-order chi connectivity index (χ0) is 15.1. The van der Waals surface area contributed by atoms with E-state index in [9.17, 15) is 9.90 Å². The molecule has 1 aliphatic carbocycles. The summed E-state index contributed by atoms with van der Waals surface area (Å²) in [6.07, 6.45) is 11.1. The monoisotopic (exact) mass is 284 g/mol. The van der Waals surface area contributed by atoms with Gasteiger partial charge in [0.2, 0.25) is 0 Å². The van der Waals surface area contributed by atoms with Gasteiger partial charge in [0.25, 0.3) is 5.56 Å². The maximum atomic E-state index is 12.9. The van der Waals surface area contributed by atoms with Gasteiger partial charge in [0.15, 0.2) is 0 Å². The predicted octanol–water partition coefficient (Wildman–Crippen LogP) is 2.96. The number of nitrogens with zero attached hydrogens (tertiary/aromatic N) is 2. The Morgan fingerprint density at radius 2 is 2.00 bits per heavy atom. The number of hydrogen-bond acceptors (Lipinski definition) is 2. The Kier molecular flexibility index (Phi) is 3.33. The largest absolute Gasteiger partial charge is 0.387 e. The van der Waals surface area contributed by atoms with Crippen molar-refractivity contribution in [3.8, 4) is 0 Å². The van der Waals surface area contributed by atoms with Gasteiger partial charge in [-0.2, -0.15) is 0 Å². The van der Waals surface area contributed by atoms with Gasteiger partial charge < -0.3 is 9.51 Å². The minimum atomic E-state index is -0.707. The first-order valence-electron chi connectivity index (χ1n) is 7.29. The molecule has 21 heavy (non-hydrogen) atoms. The molecule has 0 spiro atoms. The quantitative estimate of drug-likeness (QED) is 0.921. The summed E-state index contributed by atoms with van der Waals surface area (Å²) in [7, 11) is 0. The second kappa shape index (κ2) is 5.04. The van der Waals surface area contributed by atoms with Crippen molar-refractivity contribution >= 4 is 11.2 Å². The van der Waals surface area contributed by atoms with Gasteiger partial charge >= 0.3 is 0 Å². The van der Waals surface area contributed by atoms with Crippen molar-refractivity contribution in [1.29, 1.82) is 0 Å². The SMILES string of the molecule is Cc1cn2cc(C(C)O)n(C3=CCCC=C3)c(=O)c2c1C. The van der Waals surface area contributed by atoms with Crippen LogP contribution >= 0.6 is 0 Å². The maximum absolute atomic E-state index is 12.9. The fourth-order valence-electron chi connectivity index (χ4n) is 2.87. The van der Waals surface area contributed by atoms with E-state index in [0.717, 1.165) is 29.7 Å². The number of aliphatic hydroxyl groups excluding tert-OH is 1. The summed E-state index contributed by atoms with van der Waals surface area (Å²) in [6.45, 7) is 5.64. The molecule has 0 amide bonds. The van der Waals surface area contributed by atoms with Crippen LogP contribution < -0.4 is 5.56 Å². The third kappa shape index (κ3) is 2.16. The molecule has 0 fully saturated rings. The van der Waals surface area contributed by atoms with E-state index in [1.807, 2.05) is 36.7 Å². The van der Waals surface area contributed by atoms with E-state index in [1.165, 1.54) is 0 Å². The highest BCUT2D eigenvalue weighted by molar-refractivity contribution is 5.64. The van der Waals surface area contributed by atoms with Crippen molar-refractivity contribution < 1.29 is 5.11 Å². The first kappa shape index (κ1) is 13.9. The van der Waals surface area contributed by atoms with Gasteiger partial charge in [-0.25, -0.2) is 0 Å². The summed E-state index contributed by atoms with van der Waals surface area (Å²) in [5, 5.41) is 10.1. The minimum absolute atomic E-state index is 0.0724. The molecule has 1 N–H and O–H groups in total. The Morgan fingerprint density at radius 1 is 1.24 bits per heavy atom. The third-order valence-corrected chi connectivity index (χ3v) is 4.13. The fourth-order valence-corrected chi connectivity index (χ4v) is 2.87. The number of rotatable bonds is 2. The van der Waals surface area contributed by atoms with Crippen molar-refractivity contribution in [2.75, 3.05) is 0 Å². The fraction of sp³-hybridized carbons (Fsp3) is 0.353. The summed E-state index contributed by atoms with van der Waals surface area (Å²) >= 11 is 0. The molecule has 0 aromatic carbocycles. The molecule has 110 valence electrons. The minimum Gasteiger partial charge on any atom is -0.387 e. The Hall–Kier alpha value is -2.07. The first-order chi connectivity index (χ1) is 10.0. The number of aliphatic hydroxyl groups is 1. The number of allylic oxidation sites excluding steroid dienone is 4. The van der Waals surface area contributed by atoms with E-state index in [2.05, 4.69) is 12.2 Å². The van der Waals surface area contributed by atoms with Gasteiger partial charge in [0, 0.05) is 18.1 Å². The van der Waals surface area contributed by atoms with Crippen molar-refractivity contribution in [1.82, 2.24) is 8.97 Å². The molecular weight excluding hydrogens is 264 g/mol. The Bertz CT molecular complexity index is 819. The van der Waals surface area contributed by atoms with Crippen LogP contribution in [0, 0.1) is 13.8 Å². The Balaban J connectivity index is 2.40. The van der Waals surface area contributed by atoms with E-state index in [1.54, 1.807) is 11.5 Å². The third-order valence-electron chi connectivity index (χ3n) is 4.13. The van der Waals surface area contributed by atoms with Crippen LogP contribution in [0.15, 0.2) is 35.4 Å². The molecule has 3 rings (SSSR count). The lowest BCUT2D eigenvalue weighted by molar-refractivity contribution is 0.191. The van der Waals surface area contributed by atoms with Crippen LogP contribution in [-0.2, 0) is 0 Å². The van der Waals surface area contributed by atoms with E-state index in [4.69, 9.17) is 0 Å². The molecule has 1 unspecified atom stereocenters. The molecule has 1 atom stereocenters. The van der Waals surface area contributed by atoms with Gasteiger partial charge in [-0.15, -0.1) is 0 Å². The molecule has 0 aliphatic heterocycles. The molecule has 4 nitrogen and oxygen atoms in total. The van der Waals surface area contributed by atoms with Crippen molar-refractivity contribution in [2.45, 2.75) is 39.7 Å². The molecule has 0 saturated carbocycles. The average Bonchev–Trinajstić information content (AvgIpc) is 2.75. The average molecular weight is 284 g/mol. The summed E-state index contributed by atoms with van der Waals surface area (Å²) in [5.74, 6) is 0. The van der Waals surface area contributed by atoms with Crippen molar-refractivity contribution in [3.63, 3.8) is 0 Å². The second-order valence-electron chi connectivity index (χ2n) is 5.67. The second-order valence-corrected chi connectivity index (χ2v) is 5.67. The van der Waals surface area contributed by atoms with Crippen LogP contribution in [0.2, 0.25) is 0 Å². The molecule has 2 aromatic rings. The zero-order valence-electron chi connectivity index (χ0n) is 12.6. The Labute approximate surface area is 123 Å². The van der Waals surface area contributed by atoms with Crippen LogP contribution in [-0.4, -0.2) is 14.1 Å². The highest BCUT2D eigenvalue weighted by Crippen LogP contribution is 2.22. The lowest BCUT2D eigenvalue weighted by Crippen LogP contribution is -2.26. The van der Waals surface area contributed by atoms with E-state index >= 15 is 0 Å². The summed E-state index contributed by atoms with van der Waals surface area (Å²) in [5.41, 5.74) is 4.14. The molecule has 2 aromatic heterocycles. The summed E-state index contributed by atoms with van der Waals surface area (Å²) in [4.78, 5) is 12.9. The predicted molar refractivity (Wildman–Crippen MR) is 84.4 cm³/mol. The standard InChI is InChI=1S/C17H20N2O2/c1-11-9-18-10-15(13(3)20)19(14-7-5-4-6-8-14)17(21)16(18)12(11)2/h5,7-10,13,20H,4,6H2,1-3H3. The molecule has 2 heterocycles. The van der Waals surface area contributed by atoms with Crippen LogP contribution in [0.25, 0.3) is 11.2 Å². The van der Waals surface area contributed by atoms with Crippen LogP contribution in [0.4, 0.5) is 0 Å². The van der Waals surface area contributed by atoms with Crippen LogP contribution in [0.5, 0.6) is 0 Å². The van der Waals surface area contributed by atoms with Crippen molar-refractivity contribution in [2.24, 2.45) is 0 Å².